The Kier molecular flexibility index (Phi) is 8.03. The number of rotatable bonds is 10. The highest BCUT2D eigenvalue weighted by Crippen LogP contribution is 2.22. The molecule has 0 fully saturated rings. The molecule has 1 unspecified atom stereocenters. The third-order valence-electron chi connectivity index (χ3n) is 5.00. The van der Waals surface area contributed by atoms with E-state index in [2.05, 4.69) is 5.32 Å². The molecule has 6 nitrogen and oxygen atoms in total. The van der Waals surface area contributed by atoms with Crippen molar-refractivity contribution < 1.29 is 17.9 Å². The van der Waals surface area contributed by atoms with E-state index in [-0.39, 0.29) is 10.8 Å². The van der Waals surface area contributed by atoms with Gasteiger partial charge in [-0.25, -0.2) is 8.42 Å². The topological polar surface area (TPSA) is 75.7 Å². The highest BCUT2D eigenvalue weighted by Gasteiger charge is 2.25. The lowest BCUT2D eigenvalue weighted by atomic mass is 10.0. The summed E-state index contributed by atoms with van der Waals surface area (Å²) in [5.74, 6) is 0.406. The van der Waals surface area contributed by atoms with E-state index < -0.39 is 15.9 Å². The summed E-state index contributed by atoms with van der Waals surface area (Å²) in [6, 6.07) is 25.1. The molecule has 168 valence electrons. The van der Waals surface area contributed by atoms with Crippen LogP contribution in [0.4, 0.5) is 5.69 Å². The van der Waals surface area contributed by atoms with Crippen molar-refractivity contribution in [1.82, 2.24) is 4.90 Å². The molecule has 32 heavy (non-hydrogen) atoms. The second-order valence-electron chi connectivity index (χ2n) is 7.60. The maximum atomic E-state index is 13.1. The van der Waals surface area contributed by atoms with Crippen LogP contribution in [0.5, 0.6) is 5.75 Å². The maximum Gasteiger partial charge on any atom is 0.246 e. The predicted octanol–water partition coefficient (Wildman–Crippen LogP) is 4.17. The fourth-order valence-corrected chi connectivity index (χ4v) is 4.06. The number of hydrogen-bond acceptors (Lipinski definition) is 5. The zero-order valence-electron chi connectivity index (χ0n) is 18.3. The van der Waals surface area contributed by atoms with Gasteiger partial charge in [0.25, 0.3) is 0 Å². The van der Waals surface area contributed by atoms with E-state index in [1.54, 1.807) is 18.2 Å². The number of nitrogens with zero attached hydrogens (tertiary/aromatic N) is 1. The smallest absolute Gasteiger partial charge is 0.246 e. The monoisotopic (exact) mass is 452 g/mol. The van der Waals surface area contributed by atoms with Crippen LogP contribution in [-0.4, -0.2) is 45.7 Å². The lowest BCUT2D eigenvalue weighted by Gasteiger charge is -2.27. The molecule has 1 amide bonds. The van der Waals surface area contributed by atoms with Crippen LogP contribution in [0.3, 0.4) is 0 Å². The second-order valence-corrected chi connectivity index (χ2v) is 9.61. The summed E-state index contributed by atoms with van der Waals surface area (Å²) in [4.78, 5) is 15.3. The quantitative estimate of drug-likeness (QED) is 0.467. The molecule has 0 aliphatic heterocycles. The van der Waals surface area contributed by atoms with Crippen molar-refractivity contribution >= 4 is 21.4 Å². The summed E-state index contributed by atoms with van der Waals surface area (Å²) in [5, 5.41) is 2.99. The molecule has 0 spiro atoms. The highest BCUT2D eigenvalue weighted by atomic mass is 32.2. The van der Waals surface area contributed by atoms with Gasteiger partial charge in [0.2, 0.25) is 5.91 Å². The molecule has 0 aliphatic rings. The molecule has 1 atom stereocenters. The minimum atomic E-state index is -3.28. The Morgan fingerprint density at radius 1 is 0.969 bits per heavy atom. The summed E-state index contributed by atoms with van der Waals surface area (Å²) in [6.07, 6.45) is 1.84. The van der Waals surface area contributed by atoms with Crippen molar-refractivity contribution in [1.29, 1.82) is 0 Å². The SMILES string of the molecule is CN(CCCOc1cccc(S(C)(=O)=O)c1)C(C(=O)Nc1ccccc1)c1ccccc1. The van der Waals surface area contributed by atoms with Crippen LogP contribution < -0.4 is 10.1 Å². The summed E-state index contributed by atoms with van der Waals surface area (Å²) in [6.45, 7) is 1.02. The summed E-state index contributed by atoms with van der Waals surface area (Å²) >= 11 is 0. The van der Waals surface area contributed by atoms with Gasteiger partial charge in [0.1, 0.15) is 11.8 Å². The number of para-hydroxylation sites is 1. The number of benzene rings is 3. The lowest BCUT2D eigenvalue weighted by molar-refractivity contribution is -0.121. The van der Waals surface area contributed by atoms with Gasteiger partial charge in [0.15, 0.2) is 9.84 Å². The predicted molar refractivity (Wildman–Crippen MR) is 127 cm³/mol. The fraction of sp³-hybridized carbons (Fsp3) is 0.240. The molecule has 0 bridgehead atoms. The van der Waals surface area contributed by atoms with Gasteiger partial charge in [-0.15, -0.1) is 0 Å². The van der Waals surface area contributed by atoms with E-state index in [4.69, 9.17) is 4.74 Å². The number of ether oxygens (including phenoxy) is 1. The number of carbonyl (C=O) groups excluding carboxylic acids is 1. The first-order valence-corrected chi connectivity index (χ1v) is 12.3. The van der Waals surface area contributed by atoms with E-state index in [0.29, 0.717) is 25.3 Å². The van der Waals surface area contributed by atoms with Crippen molar-refractivity contribution in [2.24, 2.45) is 0 Å². The maximum absolute atomic E-state index is 13.1. The van der Waals surface area contributed by atoms with Crippen LogP contribution >= 0.6 is 0 Å². The van der Waals surface area contributed by atoms with Gasteiger partial charge in [-0.1, -0.05) is 54.6 Å². The van der Waals surface area contributed by atoms with Crippen molar-refractivity contribution in [2.75, 3.05) is 31.8 Å². The Morgan fingerprint density at radius 3 is 2.28 bits per heavy atom. The van der Waals surface area contributed by atoms with Crippen LogP contribution in [0.15, 0.2) is 89.8 Å². The number of hydrogen-bond donors (Lipinski definition) is 1. The van der Waals surface area contributed by atoms with Gasteiger partial charge < -0.3 is 10.1 Å². The molecular weight excluding hydrogens is 424 g/mol. The highest BCUT2D eigenvalue weighted by molar-refractivity contribution is 7.90. The van der Waals surface area contributed by atoms with E-state index in [9.17, 15) is 13.2 Å². The molecule has 0 aliphatic carbocycles. The number of sulfone groups is 1. The number of likely N-dealkylation sites (N-methyl/N-ethyl adjacent to an activating group) is 1. The van der Waals surface area contributed by atoms with E-state index in [0.717, 1.165) is 11.3 Å². The first-order valence-electron chi connectivity index (χ1n) is 10.4. The molecule has 3 aromatic rings. The Labute approximate surface area is 189 Å². The first kappa shape index (κ1) is 23.5. The summed E-state index contributed by atoms with van der Waals surface area (Å²) < 4.78 is 29.2. The fourth-order valence-electron chi connectivity index (χ4n) is 3.40. The van der Waals surface area contributed by atoms with Crippen molar-refractivity contribution in [3.8, 4) is 5.75 Å². The molecule has 0 saturated heterocycles. The van der Waals surface area contributed by atoms with Gasteiger partial charge in [0.05, 0.1) is 11.5 Å². The zero-order valence-corrected chi connectivity index (χ0v) is 19.1. The number of amides is 1. The molecule has 0 aromatic heterocycles. The Bertz CT molecular complexity index is 1120. The normalized spacial score (nSPS) is 12.3. The van der Waals surface area contributed by atoms with Crippen LogP contribution in [-0.2, 0) is 14.6 Å². The van der Waals surface area contributed by atoms with Crippen LogP contribution in [0, 0.1) is 0 Å². The van der Waals surface area contributed by atoms with Crippen LogP contribution in [0.1, 0.15) is 18.0 Å². The number of carbonyl (C=O) groups is 1. The summed E-state index contributed by atoms with van der Waals surface area (Å²) in [7, 11) is -1.37. The molecule has 0 heterocycles. The van der Waals surface area contributed by atoms with Gasteiger partial charge in [-0.3, -0.25) is 9.69 Å². The molecule has 3 aromatic carbocycles. The third-order valence-corrected chi connectivity index (χ3v) is 6.11. The average molecular weight is 453 g/mol. The largest absolute Gasteiger partial charge is 0.494 e. The van der Waals surface area contributed by atoms with E-state index in [1.165, 1.54) is 12.3 Å². The van der Waals surface area contributed by atoms with Crippen molar-refractivity contribution in [2.45, 2.75) is 17.4 Å². The van der Waals surface area contributed by atoms with Crippen LogP contribution in [0.25, 0.3) is 0 Å². The minimum Gasteiger partial charge on any atom is -0.494 e. The molecule has 0 saturated carbocycles. The second kappa shape index (κ2) is 10.9. The minimum absolute atomic E-state index is 0.105. The van der Waals surface area contributed by atoms with Gasteiger partial charge in [-0.05, 0) is 49.4 Å². The van der Waals surface area contributed by atoms with E-state index >= 15 is 0 Å². The van der Waals surface area contributed by atoms with Gasteiger partial charge >= 0.3 is 0 Å². The average Bonchev–Trinajstić information content (AvgIpc) is 2.78. The van der Waals surface area contributed by atoms with E-state index in [1.807, 2.05) is 72.6 Å². The summed E-state index contributed by atoms with van der Waals surface area (Å²) in [5.41, 5.74) is 1.66. The lowest BCUT2D eigenvalue weighted by Crippen LogP contribution is -2.35. The molecule has 7 heteroatoms. The van der Waals surface area contributed by atoms with Crippen LogP contribution in [0.2, 0.25) is 0 Å². The molecule has 0 radical (unpaired) electrons. The zero-order chi connectivity index (χ0) is 23.0. The molecule has 3 rings (SSSR count). The van der Waals surface area contributed by atoms with Gasteiger partial charge in [-0.2, -0.15) is 0 Å². The Balaban J connectivity index is 1.62. The Hall–Kier alpha value is -3.16. The van der Waals surface area contributed by atoms with Gasteiger partial charge in [0, 0.05) is 18.5 Å². The molecule has 1 N–H and O–H groups in total. The number of anilines is 1. The Morgan fingerprint density at radius 2 is 1.62 bits per heavy atom. The van der Waals surface area contributed by atoms with Crippen molar-refractivity contribution in [3.63, 3.8) is 0 Å². The third kappa shape index (κ3) is 6.67. The standard InChI is InChI=1S/C25H28N2O4S/c1-27(17-10-18-31-22-15-9-16-23(19-22)32(2,29)30)24(20-11-5-3-6-12-20)25(28)26-21-13-7-4-8-14-21/h3-9,11-16,19,24H,10,17-18H2,1-2H3,(H,26,28). The molecular formula is C25H28N2O4S. The first-order chi connectivity index (χ1) is 15.3. The number of nitrogens with one attached hydrogen (secondary N) is 1. The van der Waals surface area contributed by atoms with Crippen molar-refractivity contribution in [3.05, 3.63) is 90.5 Å².